The Morgan fingerprint density at radius 1 is 1.36 bits per heavy atom. The molecule has 8 heteroatoms. The molecule has 1 aromatic rings. The van der Waals surface area contributed by atoms with Crippen LogP contribution in [0.15, 0.2) is 11.6 Å². The number of hydrogen-bond acceptors (Lipinski definition) is 6. The summed E-state index contributed by atoms with van der Waals surface area (Å²) in [5, 5.41) is 2.55. The van der Waals surface area contributed by atoms with E-state index in [0.717, 1.165) is 45.7 Å². The Bertz CT molecular complexity index is 644. The smallest absolute Gasteiger partial charge is 0.229 e. The molecule has 0 saturated carbocycles. The third-order valence-electron chi connectivity index (χ3n) is 5.86. The van der Waals surface area contributed by atoms with Gasteiger partial charge >= 0.3 is 0 Å². The second kappa shape index (κ2) is 6.66. The maximum Gasteiger partial charge on any atom is 0.229 e. The van der Waals surface area contributed by atoms with Crippen LogP contribution in [0.4, 0.5) is 5.13 Å². The van der Waals surface area contributed by atoms with Crippen molar-refractivity contribution in [3.63, 3.8) is 0 Å². The van der Waals surface area contributed by atoms with Crippen molar-refractivity contribution in [1.82, 2.24) is 14.8 Å². The van der Waals surface area contributed by atoms with Gasteiger partial charge in [0.25, 0.3) is 0 Å². The van der Waals surface area contributed by atoms with Gasteiger partial charge in [-0.1, -0.05) is 0 Å². The lowest BCUT2D eigenvalue weighted by Gasteiger charge is -2.51. The number of anilines is 1. The number of amides is 2. The van der Waals surface area contributed by atoms with Crippen LogP contribution in [-0.2, 0) is 14.3 Å². The van der Waals surface area contributed by atoms with Crippen molar-refractivity contribution >= 4 is 28.3 Å². The molecular formula is C17H24N4O3S. The number of likely N-dealkylation sites (N-methyl/N-ethyl adjacent to an activating group) is 1. The van der Waals surface area contributed by atoms with E-state index < -0.39 is 0 Å². The SMILES string of the molecule is CN1CCN(C(=O)C2CC(=O)N(c3nccs3)C2)CC12CCOCC2. The van der Waals surface area contributed by atoms with Crippen LogP contribution in [0, 0.1) is 5.92 Å². The zero-order chi connectivity index (χ0) is 17.4. The fourth-order valence-electron chi connectivity index (χ4n) is 4.21. The first kappa shape index (κ1) is 16.9. The molecule has 4 rings (SSSR count). The Kier molecular flexibility index (Phi) is 4.51. The van der Waals surface area contributed by atoms with Gasteiger partial charge in [-0.3, -0.25) is 19.4 Å². The number of piperazine rings is 1. The predicted molar refractivity (Wildman–Crippen MR) is 94.6 cm³/mol. The number of hydrogen-bond donors (Lipinski definition) is 0. The van der Waals surface area contributed by atoms with E-state index in [4.69, 9.17) is 4.74 Å². The van der Waals surface area contributed by atoms with Gasteiger partial charge in [0.15, 0.2) is 5.13 Å². The van der Waals surface area contributed by atoms with Crippen LogP contribution in [-0.4, -0.2) is 78.6 Å². The van der Waals surface area contributed by atoms with E-state index in [1.165, 1.54) is 11.3 Å². The normalized spacial score (nSPS) is 27.2. The summed E-state index contributed by atoms with van der Waals surface area (Å²) in [4.78, 5) is 35.6. The fourth-order valence-corrected chi connectivity index (χ4v) is 4.88. The highest BCUT2D eigenvalue weighted by Crippen LogP contribution is 2.33. The van der Waals surface area contributed by atoms with Crippen LogP contribution in [0.25, 0.3) is 0 Å². The third-order valence-corrected chi connectivity index (χ3v) is 6.65. The Labute approximate surface area is 151 Å². The maximum absolute atomic E-state index is 13.1. The summed E-state index contributed by atoms with van der Waals surface area (Å²) in [6.45, 7) is 4.32. The summed E-state index contributed by atoms with van der Waals surface area (Å²) in [6, 6.07) is 0. The van der Waals surface area contributed by atoms with Crippen LogP contribution < -0.4 is 4.90 Å². The van der Waals surface area contributed by atoms with Crippen LogP contribution in [0.3, 0.4) is 0 Å². The molecular weight excluding hydrogens is 340 g/mol. The highest BCUT2D eigenvalue weighted by atomic mass is 32.1. The van der Waals surface area contributed by atoms with Gasteiger partial charge in [0, 0.05) is 62.9 Å². The molecule has 136 valence electrons. The van der Waals surface area contributed by atoms with Gasteiger partial charge in [-0.05, 0) is 19.9 Å². The molecule has 0 N–H and O–H groups in total. The summed E-state index contributed by atoms with van der Waals surface area (Å²) in [5.41, 5.74) is 0.0315. The van der Waals surface area contributed by atoms with Gasteiger partial charge in [-0.15, -0.1) is 11.3 Å². The molecule has 2 amide bonds. The topological polar surface area (TPSA) is 66.0 Å². The van der Waals surface area contributed by atoms with E-state index in [2.05, 4.69) is 16.9 Å². The predicted octanol–water partition coefficient (Wildman–Crippen LogP) is 0.819. The highest BCUT2D eigenvalue weighted by Gasteiger charge is 2.45. The van der Waals surface area contributed by atoms with Crippen molar-refractivity contribution in [1.29, 1.82) is 0 Å². The number of aromatic nitrogens is 1. The molecule has 0 bridgehead atoms. The van der Waals surface area contributed by atoms with E-state index in [0.29, 0.717) is 18.1 Å². The minimum Gasteiger partial charge on any atom is -0.381 e. The van der Waals surface area contributed by atoms with Crippen LogP contribution in [0.2, 0.25) is 0 Å². The Morgan fingerprint density at radius 2 is 2.16 bits per heavy atom. The Balaban J connectivity index is 1.45. The summed E-state index contributed by atoms with van der Waals surface area (Å²) >= 11 is 1.44. The standard InChI is InChI=1S/C17H24N4O3S/c1-19-5-6-20(12-17(19)2-7-24-8-3-17)15(23)13-10-14(22)21(11-13)16-18-4-9-25-16/h4,9,13H,2-3,5-8,10-12H2,1H3. The van der Waals surface area contributed by atoms with Crippen molar-refractivity contribution in [2.24, 2.45) is 5.92 Å². The molecule has 0 aromatic carbocycles. The Hall–Kier alpha value is -1.51. The number of nitrogens with zero attached hydrogens (tertiary/aromatic N) is 4. The first-order chi connectivity index (χ1) is 12.1. The largest absolute Gasteiger partial charge is 0.381 e. The zero-order valence-corrected chi connectivity index (χ0v) is 15.3. The molecule has 25 heavy (non-hydrogen) atoms. The average Bonchev–Trinajstić information content (AvgIpc) is 3.27. The van der Waals surface area contributed by atoms with E-state index in [-0.39, 0.29) is 23.3 Å². The number of ether oxygens (including phenoxy) is 1. The minimum atomic E-state index is -0.253. The van der Waals surface area contributed by atoms with Gasteiger partial charge in [-0.25, -0.2) is 4.98 Å². The van der Waals surface area contributed by atoms with E-state index in [1.54, 1.807) is 11.1 Å². The van der Waals surface area contributed by atoms with Gasteiger partial charge in [0.1, 0.15) is 0 Å². The second-order valence-corrected chi connectivity index (χ2v) is 8.11. The molecule has 3 aliphatic rings. The lowest BCUT2D eigenvalue weighted by molar-refractivity contribution is -0.143. The Morgan fingerprint density at radius 3 is 2.88 bits per heavy atom. The minimum absolute atomic E-state index is 0.00297. The summed E-state index contributed by atoms with van der Waals surface area (Å²) in [7, 11) is 2.15. The van der Waals surface area contributed by atoms with Crippen LogP contribution in [0.1, 0.15) is 19.3 Å². The van der Waals surface area contributed by atoms with E-state index in [1.807, 2.05) is 10.3 Å². The van der Waals surface area contributed by atoms with E-state index >= 15 is 0 Å². The summed E-state index contributed by atoms with van der Waals surface area (Å²) in [6.07, 6.45) is 3.91. The van der Waals surface area contributed by atoms with Crippen molar-refractivity contribution < 1.29 is 14.3 Å². The van der Waals surface area contributed by atoms with Crippen LogP contribution in [0.5, 0.6) is 0 Å². The van der Waals surface area contributed by atoms with Crippen molar-refractivity contribution in [3.8, 4) is 0 Å². The molecule has 4 heterocycles. The van der Waals surface area contributed by atoms with Gasteiger partial charge in [-0.2, -0.15) is 0 Å². The molecule has 0 aliphatic carbocycles. The zero-order valence-electron chi connectivity index (χ0n) is 14.5. The maximum atomic E-state index is 13.1. The number of carbonyl (C=O) groups is 2. The van der Waals surface area contributed by atoms with Crippen LogP contribution >= 0.6 is 11.3 Å². The second-order valence-electron chi connectivity index (χ2n) is 7.24. The summed E-state index contributed by atoms with van der Waals surface area (Å²) in [5.74, 6) is -0.133. The van der Waals surface area contributed by atoms with Gasteiger partial charge in [0.2, 0.25) is 11.8 Å². The third kappa shape index (κ3) is 3.07. The molecule has 1 atom stereocenters. The molecule has 3 fully saturated rings. The lowest BCUT2D eigenvalue weighted by Crippen LogP contribution is -2.64. The van der Waals surface area contributed by atoms with Crippen molar-refractivity contribution in [3.05, 3.63) is 11.6 Å². The lowest BCUT2D eigenvalue weighted by atomic mass is 9.85. The molecule has 7 nitrogen and oxygen atoms in total. The quantitative estimate of drug-likeness (QED) is 0.777. The number of thiazole rings is 1. The monoisotopic (exact) mass is 364 g/mol. The number of rotatable bonds is 2. The summed E-state index contributed by atoms with van der Waals surface area (Å²) < 4.78 is 5.52. The highest BCUT2D eigenvalue weighted by molar-refractivity contribution is 7.13. The van der Waals surface area contributed by atoms with Crippen molar-refractivity contribution in [2.45, 2.75) is 24.8 Å². The van der Waals surface area contributed by atoms with Gasteiger partial charge < -0.3 is 9.64 Å². The molecule has 1 aromatic heterocycles. The molecule has 1 unspecified atom stereocenters. The van der Waals surface area contributed by atoms with Crippen molar-refractivity contribution in [2.75, 3.05) is 51.3 Å². The molecule has 3 aliphatic heterocycles. The average molecular weight is 364 g/mol. The number of carbonyl (C=O) groups excluding carboxylic acids is 2. The molecule has 0 radical (unpaired) electrons. The molecule has 1 spiro atoms. The van der Waals surface area contributed by atoms with Gasteiger partial charge in [0.05, 0.1) is 5.92 Å². The fraction of sp³-hybridized carbons (Fsp3) is 0.706. The first-order valence-corrected chi connectivity index (χ1v) is 9.75. The van der Waals surface area contributed by atoms with E-state index in [9.17, 15) is 9.59 Å². The first-order valence-electron chi connectivity index (χ1n) is 8.87. The molecule has 3 saturated heterocycles.